The van der Waals surface area contributed by atoms with Gasteiger partial charge in [0.15, 0.2) is 0 Å². The van der Waals surface area contributed by atoms with Gasteiger partial charge >= 0.3 is 0 Å². The van der Waals surface area contributed by atoms with Gasteiger partial charge in [-0.05, 0) is 44.3 Å². The molecule has 0 saturated heterocycles. The Bertz CT molecular complexity index is 625. The van der Waals surface area contributed by atoms with Gasteiger partial charge in [0.05, 0.1) is 0 Å². The van der Waals surface area contributed by atoms with Gasteiger partial charge in [-0.2, -0.15) is 0 Å². The van der Waals surface area contributed by atoms with Crippen molar-refractivity contribution in [1.29, 1.82) is 0 Å². The van der Waals surface area contributed by atoms with Gasteiger partial charge in [0.25, 0.3) is 0 Å². The third-order valence-corrected chi connectivity index (χ3v) is 4.04. The summed E-state index contributed by atoms with van der Waals surface area (Å²) in [6, 6.07) is 15.8. The van der Waals surface area contributed by atoms with E-state index in [0.29, 0.717) is 6.54 Å². The van der Waals surface area contributed by atoms with Crippen LogP contribution in [0.4, 0.5) is 4.39 Å². The molecule has 3 nitrogen and oxygen atoms in total. The average molecular weight is 300 g/mol. The predicted octanol–water partition coefficient (Wildman–Crippen LogP) is 2.92. The van der Waals surface area contributed by atoms with Crippen LogP contribution in [0.15, 0.2) is 54.6 Å². The molecule has 0 unspecified atom stereocenters. The van der Waals surface area contributed by atoms with E-state index in [0.717, 1.165) is 11.1 Å². The Balaban J connectivity index is 2.15. The number of carbonyl (C=O) groups is 1. The summed E-state index contributed by atoms with van der Waals surface area (Å²) in [6.45, 7) is 2.26. The molecule has 0 bridgehead atoms. The number of amides is 1. The first-order valence-corrected chi connectivity index (χ1v) is 7.20. The highest BCUT2D eigenvalue weighted by Crippen LogP contribution is 2.26. The normalized spacial score (nSPS) is 13.7. The first-order chi connectivity index (χ1) is 10.4. The van der Waals surface area contributed by atoms with Crippen LogP contribution in [0.5, 0.6) is 0 Å². The Morgan fingerprint density at radius 3 is 2.23 bits per heavy atom. The number of hydrogen-bond donors (Lipinski definition) is 1. The van der Waals surface area contributed by atoms with Gasteiger partial charge in [0, 0.05) is 6.54 Å². The lowest BCUT2D eigenvalue weighted by atomic mass is 9.89. The van der Waals surface area contributed by atoms with Crippen molar-refractivity contribution in [2.45, 2.75) is 19.0 Å². The van der Waals surface area contributed by atoms with Crippen molar-refractivity contribution in [1.82, 2.24) is 10.2 Å². The Labute approximate surface area is 130 Å². The SMILES string of the molecule is CN(C)[C@@](C)(C(=O)NCc1ccc(F)cc1)c1ccccc1. The molecule has 0 saturated carbocycles. The molecule has 0 aliphatic rings. The maximum atomic E-state index is 12.9. The fourth-order valence-corrected chi connectivity index (χ4v) is 2.31. The third kappa shape index (κ3) is 3.34. The Kier molecular flexibility index (Phi) is 4.93. The molecule has 0 heterocycles. The minimum absolute atomic E-state index is 0.0898. The van der Waals surface area contributed by atoms with Crippen molar-refractivity contribution in [3.05, 3.63) is 71.5 Å². The fourth-order valence-electron chi connectivity index (χ4n) is 2.31. The maximum absolute atomic E-state index is 12.9. The lowest BCUT2D eigenvalue weighted by molar-refractivity contribution is -0.131. The molecule has 0 aliphatic carbocycles. The van der Waals surface area contributed by atoms with E-state index in [4.69, 9.17) is 0 Å². The highest BCUT2D eigenvalue weighted by molar-refractivity contribution is 5.87. The Morgan fingerprint density at radius 1 is 1.09 bits per heavy atom. The molecule has 0 aromatic heterocycles. The zero-order chi connectivity index (χ0) is 16.2. The van der Waals surface area contributed by atoms with E-state index in [1.54, 1.807) is 12.1 Å². The second kappa shape index (κ2) is 6.71. The van der Waals surface area contributed by atoms with Gasteiger partial charge in [-0.25, -0.2) is 4.39 Å². The lowest BCUT2D eigenvalue weighted by Crippen LogP contribution is -2.51. The number of nitrogens with zero attached hydrogens (tertiary/aromatic N) is 1. The van der Waals surface area contributed by atoms with E-state index in [2.05, 4.69) is 5.32 Å². The molecular weight excluding hydrogens is 279 g/mol. The topological polar surface area (TPSA) is 32.3 Å². The molecular formula is C18H21FN2O. The van der Waals surface area contributed by atoms with Crippen molar-refractivity contribution in [3.8, 4) is 0 Å². The molecule has 0 radical (unpaired) electrons. The van der Waals surface area contributed by atoms with E-state index in [9.17, 15) is 9.18 Å². The first-order valence-electron chi connectivity index (χ1n) is 7.20. The summed E-state index contributed by atoms with van der Waals surface area (Å²) in [5.41, 5.74) is 1.03. The number of benzene rings is 2. The van der Waals surface area contributed by atoms with Crippen LogP contribution >= 0.6 is 0 Å². The number of hydrogen-bond acceptors (Lipinski definition) is 2. The highest BCUT2D eigenvalue weighted by Gasteiger charge is 2.37. The van der Waals surface area contributed by atoms with E-state index in [1.165, 1.54) is 12.1 Å². The van der Waals surface area contributed by atoms with Crippen LogP contribution in [0.2, 0.25) is 0 Å². The number of halogens is 1. The van der Waals surface area contributed by atoms with Crippen molar-refractivity contribution in [2.24, 2.45) is 0 Å². The van der Waals surface area contributed by atoms with E-state index >= 15 is 0 Å². The number of nitrogens with one attached hydrogen (secondary N) is 1. The molecule has 1 amide bonds. The number of carbonyl (C=O) groups excluding carboxylic acids is 1. The summed E-state index contributed by atoms with van der Waals surface area (Å²) >= 11 is 0. The largest absolute Gasteiger partial charge is 0.350 e. The van der Waals surface area contributed by atoms with E-state index < -0.39 is 5.54 Å². The maximum Gasteiger partial charge on any atom is 0.245 e. The van der Waals surface area contributed by atoms with Crippen molar-refractivity contribution >= 4 is 5.91 Å². The van der Waals surface area contributed by atoms with Gasteiger partial charge in [-0.1, -0.05) is 42.5 Å². The molecule has 2 aromatic rings. The standard InChI is InChI=1S/C18H21FN2O/c1-18(21(2)3,15-7-5-4-6-8-15)17(22)20-13-14-9-11-16(19)12-10-14/h4-12H,13H2,1-3H3,(H,20,22)/t18-/m1/s1. The summed E-state index contributed by atoms with van der Waals surface area (Å²) in [7, 11) is 3.76. The Morgan fingerprint density at radius 2 is 1.68 bits per heavy atom. The van der Waals surface area contributed by atoms with Crippen LogP contribution < -0.4 is 5.32 Å². The summed E-state index contributed by atoms with van der Waals surface area (Å²) in [5.74, 6) is -0.370. The lowest BCUT2D eigenvalue weighted by Gasteiger charge is -2.35. The third-order valence-electron chi connectivity index (χ3n) is 4.04. The molecule has 1 atom stereocenters. The molecule has 2 rings (SSSR count). The van der Waals surface area contributed by atoms with Crippen molar-refractivity contribution < 1.29 is 9.18 Å². The molecule has 0 fully saturated rings. The molecule has 4 heteroatoms. The van der Waals surface area contributed by atoms with Gasteiger partial charge in [-0.3, -0.25) is 9.69 Å². The highest BCUT2D eigenvalue weighted by atomic mass is 19.1. The molecule has 0 aliphatic heterocycles. The van der Waals surface area contributed by atoms with Crippen LogP contribution in [0, 0.1) is 5.82 Å². The second-order valence-electron chi connectivity index (χ2n) is 5.64. The smallest absolute Gasteiger partial charge is 0.245 e. The van der Waals surface area contributed by atoms with Crippen LogP contribution in [0.25, 0.3) is 0 Å². The average Bonchev–Trinajstić information content (AvgIpc) is 2.53. The van der Waals surface area contributed by atoms with Gasteiger partial charge in [-0.15, -0.1) is 0 Å². The molecule has 1 N–H and O–H groups in total. The van der Waals surface area contributed by atoms with Crippen LogP contribution in [0.3, 0.4) is 0 Å². The molecule has 0 spiro atoms. The van der Waals surface area contributed by atoms with Crippen LogP contribution in [-0.4, -0.2) is 24.9 Å². The summed E-state index contributed by atoms with van der Waals surface area (Å²) in [5, 5.41) is 2.94. The molecule has 2 aromatic carbocycles. The van der Waals surface area contributed by atoms with E-state index in [-0.39, 0.29) is 11.7 Å². The van der Waals surface area contributed by atoms with E-state index in [1.807, 2.05) is 56.3 Å². The number of rotatable bonds is 5. The molecule has 116 valence electrons. The van der Waals surface area contributed by atoms with Crippen LogP contribution in [0.1, 0.15) is 18.1 Å². The number of likely N-dealkylation sites (N-methyl/N-ethyl adjacent to an activating group) is 1. The summed E-state index contributed by atoms with van der Waals surface area (Å²) < 4.78 is 12.9. The zero-order valence-electron chi connectivity index (χ0n) is 13.1. The predicted molar refractivity (Wildman–Crippen MR) is 85.7 cm³/mol. The molecule has 22 heavy (non-hydrogen) atoms. The minimum Gasteiger partial charge on any atom is -0.350 e. The van der Waals surface area contributed by atoms with Gasteiger partial charge < -0.3 is 5.32 Å². The monoisotopic (exact) mass is 300 g/mol. The summed E-state index contributed by atoms with van der Waals surface area (Å²) in [6.07, 6.45) is 0. The Hall–Kier alpha value is -2.20. The van der Waals surface area contributed by atoms with Crippen molar-refractivity contribution in [2.75, 3.05) is 14.1 Å². The van der Waals surface area contributed by atoms with Gasteiger partial charge in [0.1, 0.15) is 11.4 Å². The van der Waals surface area contributed by atoms with Crippen molar-refractivity contribution in [3.63, 3.8) is 0 Å². The van der Waals surface area contributed by atoms with Crippen LogP contribution in [-0.2, 0) is 16.9 Å². The fraction of sp³-hybridized carbons (Fsp3) is 0.278. The zero-order valence-corrected chi connectivity index (χ0v) is 13.1. The first kappa shape index (κ1) is 16.2. The quantitative estimate of drug-likeness (QED) is 0.921. The minimum atomic E-state index is -0.763. The van der Waals surface area contributed by atoms with Gasteiger partial charge in [0.2, 0.25) is 5.91 Å². The summed E-state index contributed by atoms with van der Waals surface area (Å²) in [4.78, 5) is 14.6. The second-order valence-corrected chi connectivity index (χ2v) is 5.64.